The third-order valence-electron chi connectivity index (χ3n) is 6.29. The number of halogens is 4. The molecule has 4 heterocycles. The van der Waals surface area contributed by atoms with Crippen LogP contribution in [0.25, 0.3) is 0 Å². The van der Waals surface area contributed by atoms with Gasteiger partial charge in [0.15, 0.2) is 17.5 Å². The number of nitrogens with zero attached hydrogens (tertiary/aromatic N) is 4. The number of aromatic nitrogens is 2. The smallest absolute Gasteiger partial charge is 0.410 e. The fourth-order valence-corrected chi connectivity index (χ4v) is 4.71. The number of carbonyl (C=O) groups excluding carboxylic acids is 2. The molecule has 2 aliphatic heterocycles. The first kappa shape index (κ1) is 23.3. The van der Waals surface area contributed by atoms with Crippen molar-refractivity contribution in [3.8, 4) is 0 Å². The van der Waals surface area contributed by atoms with E-state index in [4.69, 9.17) is 16.0 Å². The predicted octanol–water partition coefficient (Wildman–Crippen LogP) is 4.39. The van der Waals surface area contributed by atoms with Gasteiger partial charge in [-0.05, 0) is 17.7 Å². The van der Waals surface area contributed by atoms with Crippen LogP contribution >= 0.6 is 11.6 Å². The molecule has 1 N–H and O–H groups in total. The average molecular weight is 508 g/mol. The van der Waals surface area contributed by atoms with E-state index in [-0.39, 0.29) is 60.8 Å². The zero-order chi connectivity index (χ0) is 24.7. The van der Waals surface area contributed by atoms with Gasteiger partial charge in [-0.3, -0.25) is 9.59 Å². The molecule has 5 rings (SSSR count). The first-order valence-electron chi connectivity index (χ1n) is 11.0. The van der Waals surface area contributed by atoms with Crippen molar-refractivity contribution in [2.45, 2.75) is 24.7 Å². The number of benzene rings is 1. The molecule has 2 atom stereocenters. The lowest BCUT2D eigenvalue weighted by molar-refractivity contribution is -0.173. The Kier molecular flexibility index (Phi) is 5.96. The minimum Gasteiger partial charge on any atom is -0.459 e. The minimum absolute atomic E-state index is 0.0379. The number of anilines is 1. The number of fused-ring (bicyclic) bond motifs is 1. The molecule has 0 radical (unpaired) electrons. The second-order valence-electron chi connectivity index (χ2n) is 8.42. The van der Waals surface area contributed by atoms with Crippen LogP contribution in [0.2, 0.25) is 5.02 Å². The Morgan fingerprint density at radius 3 is 2.26 bits per heavy atom. The van der Waals surface area contributed by atoms with Crippen LogP contribution in [0.5, 0.6) is 0 Å². The number of carbonyl (C=O) groups is 2. The van der Waals surface area contributed by atoms with Crippen molar-refractivity contribution >= 4 is 29.2 Å². The summed E-state index contributed by atoms with van der Waals surface area (Å²) in [4.78, 5) is 28.6. The summed E-state index contributed by atoms with van der Waals surface area (Å²) in [6.07, 6.45) is -3.47. The van der Waals surface area contributed by atoms with Crippen molar-refractivity contribution in [3.63, 3.8) is 0 Å². The van der Waals surface area contributed by atoms with Gasteiger partial charge in [0.1, 0.15) is 10.8 Å². The summed E-state index contributed by atoms with van der Waals surface area (Å²) >= 11 is 6.43. The van der Waals surface area contributed by atoms with Gasteiger partial charge >= 0.3 is 6.18 Å². The second kappa shape index (κ2) is 8.95. The first-order chi connectivity index (χ1) is 16.7. The van der Waals surface area contributed by atoms with Crippen molar-refractivity contribution in [2.75, 3.05) is 31.5 Å². The number of rotatable bonds is 3. The van der Waals surface area contributed by atoms with Gasteiger partial charge in [0.2, 0.25) is 0 Å². The summed E-state index contributed by atoms with van der Waals surface area (Å²) in [5.41, 5.74) is 0.429. The van der Waals surface area contributed by atoms with E-state index in [1.54, 1.807) is 47.4 Å². The zero-order valence-corrected chi connectivity index (χ0v) is 19.1. The van der Waals surface area contributed by atoms with Crippen molar-refractivity contribution in [3.05, 3.63) is 70.8 Å². The molecule has 1 aromatic carbocycles. The average Bonchev–Trinajstić information content (AvgIpc) is 3.51. The number of hydrogen-bond donors (Lipinski definition) is 1. The van der Waals surface area contributed by atoms with E-state index in [1.165, 1.54) is 11.2 Å². The van der Waals surface area contributed by atoms with Crippen molar-refractivity contribution in [2.24, 2.45) is 0 Å². The van der Waals surface area contributed by atoms with Gasteiger partial charge in [0, 0.05) is 32.6 Å². The van der Waals surface area contributed by atoms with Crippen molar-refractivity contribution < 1.29 is 27.2 Å². The minimum atomic E-state index is -4.59. The van der Waals surface area contributed by atoms with Crippen LogP contribution in [0.3, 0.4) is 0 Å². The van der Waals surface area contributed by atoms with E-state index >= 15 is 0 Å². The van der Waals surface area contributed by atoms with Crippen LogP contribution in [-0.2, 0) is 0 Å². The van der Waals surface area contributed by atoms with E-state index in [2.05, 4.69) is 10.4 Å². The summed E-state index contributed by atoms with van der Waals surface area (Å²) < 4.78 is 47.8. The Labute approximate surface area is 203 Å². The van der Waals surface area contributed by atoms with E-state index in [1.807, 2.05) is 0 Å². The molecule has 1 fully saturated rings. The molecular formula is C23H21ClF3N5O3. The van der Waals surface area contributed by atoms with Gasteiger partial charge in [0.05, 0.1) is 12.3 Å². The summed E-state index contributed by atoms with van der Waals surface area (Å²) in [6.45, 7) is 0.866. The number of amides is 2. The number of furan rings is 1. The molecule has 3 aromatic rings. The zero-order valence-electron chi connectivity index (χ0n) is 18.3. The SMILES string of the molecule is O=C(c1ccco1)N1CCN(C(=O)c2nn3c(c2Cl)N[C@H](c2ccccc2)C[C@H]3C(F)(F)F)CC1. The molecule has 2 amide bonds. The van der Waals surface area contributed by atoms with Crippen LogP contribution in [0, 0.1) is 0 Å². The largest absolute Gasteiger partial charge is 0.459 e. The third-order valence-corrected chi connectivity index (χ3v) is 6.64. The predicted molar refractivity (Wildman–Crippen MR) is 120 cm³/mol. The maximum Gasteiger partial charge on any atom is 0.410 e. The number of hydrogen-bond acceptors (Lipinski definition) is 5. The number of piperazine rings is 1. The molecule has 8 nitrogen and oxygen atoms in total. The molecule has 2 aliphatic rings. The highest BCUT2D eigenvalue weighted by atomic mass is 35.5. The molecule has 0 spiro atoms. The van der Waals surface area contributed by atoms with Crippen LogP contribution in [-0.4, -0.2) is 63.7 Å². The molecule has 2 aromatic heterocycles. The van der Waals surface area contributed by atoms with Crippen LogP contribution in [0.1, 0.15) is 45.1 Å². The van der Waals surface area contributed by atoms with Crippen LogP contribution in [0.4, 0.5) is 19.0 Å². The van der Waals surface area contributed by atoms with Crippen LogP contribution < -0.4 is 5.32 Å². The number of alkyl halides is 3. The molecule has 12 heteroatoms. The standard InChI is InChI=1S/C23H21ClF3N5O3/c24-18-19(22(34)31-10-8-30(9-11-31)21(33)16-7-4-12-35-16)29-32-17(23(25,26)27)13-15(28-20(18)32)14-5-2-1-3-6-14/h1-7,12,15,17,28H,8-11,13H2/t15-,17-/m0/s1. The molecule has 0 saturated carbocycles. The lowest BCUT2D eigenvalue weighted by Gasteiger charge is -2.34. The molecule has 35 heavy (non-hydrogen) atoms. The second-order valence-corrected chi connectivity index (χ2v) is 8.80. The Bertz CT molecular complexity index is 1220. The number of nitrogens with one attached hydrogen (secondary N) is 1. The highest BCUT2D eigenvalue weighted by Gasteiger charge is 2.48. The molecule has 0 unspecified atom stereocenters. The molecule has 0 aliphatic carbocycles. The highest BCUT2D eigenvalue weighted by Crippen LogP contribution is 2.46. The van der Waals surface area contributed by atoms with Gasteiger partial charge in [0.25, 0.3) is 11.8 Å². The maximum absolute atomic E-state index is 14.0. The fourth-order valence-electron chi connectivity index (χ4n) is 4.45. The molecule has 1 saturated heterocycles. The summed E-state index contributed by atoms with van der Waals surface area (Å²) in [5.74, 6) is -0.710. The van der Waals surface area contributed by atoms with E-state index in [0.717, 1.165) is 4.68 Å². The first-order valence-corrected chi connectivity index (χ1v) is 11.4. The third kappa shape index (κ3) is 4.36. The molecular weight excluding hydrogens is 487 g/mol. The van der Waals surface area contributed by atoms with Crippen molar-refractivity contribution in [1.82, 2.24) is 19.6 Å². The van der Waals surface area contributed by atoms with E-state index in [0.29, 0.717) is 5.56 Å². The van der Waals surface area contributed by atoms with Gasteiger partial charge in [-0.1, -0.05) is 41.9 Å². The fraction of sp³-hybridized carbons (Fsp3) is 0.348. The lowest BCUT2D eigenvalue weighted by atomic mass is 9.97. The Morgan fingerprint density at radius 1 is 1.00 bits per heavy atom. The Hall–Kier alpha value is -3.47. The quantitative estimate of drug-likeness (QED) is 0.568. The lowest BCUT2D eigenvalue weighted by Crippen LogP contribution is -2.50. The highest BCUT2D eigenvalue weighted by molar-refractivity contribution is 6.36. The maximum atomic E-state index is 14.0. The van der Waals surface area contributed by atoms with E-state index in [9.17, 15) is 22.8 Å². The topological polar surface area (TPSA) is 83.6 Å². The van der Waals surface area contributed by atoms with Gasteiger partial charge in [-0.2, -0.15) is 18.3 Å². The summed E-state index contributed by atoms with van der Waals surface area (Å²) in [5, 5.41) is 6.89. The van der Waals surface area contributed by atoms with Gasteiger partial charge < -0.3 is 19.5 Å². The van der Waals surface area contributed by atoms with Gasteiger partial charge in [-0.25, -0.2) is 4.68 Å². The Morgan fingerprint density at radius 2 is 1.66 bits per heavy atom. The van der Waals surface area contributed by atoms with Gasteiger partial charge in [-0.15, -0.1) is 0 Å². The summed E-state index contributed by atoms with van der Waals surface area (Å²) in [7, 11) is 0. The summed E-state index contributed by atoms with van der Waals surface area (Å²) in [6, 6.07) is 9.33. The molecule has 0 bridgehead atoms. The van der Waals surface area contributed by atoms with Crippen LogP contribution in [0.15, 0.2) is 53.1 Å². The van der Waals surface area contributed by atoms with Crippen molar-refractivity contribution in [1.29, 1.82) is 0 Å². The monoisotopic (exact) mass is 507 g/mol. The Balaban J connectivity index is 1.37. The normalized spacial score (nSPS) is 20.3. The van der Waals surface area contributed by atoms with E-state index < -0.39 is 24.2 Å². The molecule has 184 valence electrons.